The highest BCUT2D eigenvalue weighted by molar-refractivity contribution is 6.30. The van der Waals surface area contributed by atoms with Gasteiger partial charge in [-0.3, -0.25) is 0 Å². The van der Waals surface area contributed by atoms with Gasteiger partial charge in [0.05, 0.1) is 12.1 Å². The second-order valence-electron chi connectivity index (χ2n) is 4.62. The summed E-state index contributed by atoms with van der Waals surface area (Å²) in [5.74, 6) is 0.449. The summed E-state index contributed by atoms with van der Waals surface area (Å²) in [7, 11) is 1.65. The molecular formula is C16H17ClFNO. The molecule has 1 N–H and O–H groups in total. The molecule has 0 aliphatic heterocycles. The molecule has 1 unspecified atom stereocenters. The summed E-state index contributed by atoms with van der Waals surface area (Å²) < 4.78 is 18.2. The monoisotopic (exact) mass is 293 g/mol. The number of benzene rings is 2. The molecular weight excluding hydrogens is 277 g/mol. The molecule has 2 aromatic rings. The third-order valence-corrected chi connectivity index (χ3v) is 3.50. The third-order valence-electron chi connectivity index (χ3n) is 3.21. The Balaban J connectivity index is 1.96. The lowest BCUT2D eigenvalue weighted by molar-refractivity contribution is 0.414. The first kappa shape index (κ1) is 14.8. The lowest BCUT2D eigenvalue weighted by Gasteiger charge is -2.15. The first-order chi connectivity index (χ1) is 9.60. The molecule has 1 atom stereocenters. The minimum Gasteiger partial charge on any atom is -0.497 e. The number of halogens is 2. The minimum absolute atomic E-state index is 0.154. The molecule has 0 aromatic heterocycles. The van der Waals surface area contributed by atoms with Crippen LogP contribution in [0.1, 0.15) is 24.1 Å². The zero-order valence-electron chi connectivity index (χ0n) is 11.5. The molecule has 2 rings (SSSR count). The van der Waals surface area contributed by atoms with E-state index < -0.39 is 5.82 Å². The van der Waals surface area contributed by atoms with Crippen molar-refractivity contribution in [2.24, 2.45) is 0 Å². The van der Waals surface area contributed by atoms with Crippen molar-refractivity contribution in [3.8, 4) is 5.75 Å². The predicted octanol–water partition coefficient (Wildman–Crippen LogP) is 4.34. The molecule has 0 radical (unpaired) electrons. The first-order valence-corrected chi connectivity index (χ1v) is 6.79. The fourth-order valence-corrected chi connectivity index (χ4v) is 2.13. The largest absolute Gasteiger partial charge is 0.497 e. The molecule has 4 heteroatoms. The van der Waals surface area contributed by atoms with Crippen LogP contribution < -0.4 is 10.1 Å². The van der Waals surface area contributed by atoms with E-state index >= 15 is 0 Å². The van der Waals surface area contributed by atoms with Gasteiger partial charge in [-0.1, -0.05) is 29.8 Å². The molecule has 0 heterocycles. The highest BCUT2D eigenvalue weighted by atomic mass is 35.5. The van der Waals surface area contributed by atoms with Gasteiger partial charge in [-0.15, -0.1) is 0 Å². The maximum Gasteiger partial charge on any atom is 0.141 e. The summed E-state index contributed by atoms with van der Waals surface area (Å²) in [5, 5.41) is 3.53. The number of rotatable bonds is 5. The van der Waals surface area contributed by atoms with E-state index in [0.717, 1.165) is 11.3 Å². The fourth-order valence-electron chi connectivity index (χ4n) is 1.93. The van der Waals surface area contributed by atoms with Crippen LogP contribution >= 0.6 is 11.6 Å². The van der Waals surface area contributed by atoms with Crippen LogP contribution in [-0.4, -0.2) is 7.11 Å². The van der Waals surface area contributed by atoms with E-state index in [1.54, 1.807) is 19.2 Å². The average Bonchev–Trinajstić information content (AvgIpc) is 2.48. The van der Waals surface area contributed by atoms with Gasteiger partial charge in [0.25, 0.3) is 0 Å². The highest BCUT2D eigenvalue weighted by Gasteiger charge is 2.06. The van der Waals surface area contributed by atoms with Gasteiger partial charge in [0, 0.05) is 12.6 Å². The molecule has 0 saturated heterocycles. The maximum atomic E-state index is 13.1. The summed E-state index contributed by atoms with van der Waals surface area (Å²) in [6, 6.07) is 12.9. The molecule has 0 fully saturated rings. The number of hydrogen-bond acceptors (Lipinski definition) is 2. The normalized spacial score (nSPS) is 12.2. The van der Waals surface area contributed by atoms with Crippen molar-refractivity contribution in [2.75, 3.05) is 7.11 Å². The zero-order valence-corrected chi connectivity index (χ0v) is 12.2. The Hall–Kier alpha value is -1.58. The molecule has 0 aliphatic rings. The molecule has 0 amide bonds. The lowest BCUT2D eigenvalue weighted by Crippen LogP contribution is -2.18. The van der Waals surface area contributed by atoms with Crippen molar-refractivity contribution in [2.45, 2.75) is 19.5 Å². The minimum atomic E-state index is -0.390. The Morgan fingerprint density at radius 3 is 2.50 bits per heavy atom. The second kappa shape index (κ2) is 6.73. The number of nitrogens with one attached hydrogen (secondary N) is 1. The van der Waals surface area contributed by atoms with Gasteiger partial charge in [0.1, 0.15) is 11.6 Å². The van der Waals surface area contributed by atoms with Crippen molar-refractivity contribution in [3.63, 3.8) is 0 Å². The summed E-state index contributed by atoms with van der Waals surface area (Å²) >= 11 is 5.76. The van der Waals surface area contributed by atoms with Crippen LogP contribution in [0.15, 0.2) is 42.5 Å². The van der Waals surface area contributed by atoms with Crippen molar-refractivity contribution < 1.29 is 9.13 Å². The Morgan fingerprint density at radius 1 is 1.20 bits per heavy atom. The lowest BCUT2D eigenvalue weighted by atomic mass is 10.1. The van der Waals surface area contributed by atoms with Crippen LogP contribution in [0.3, 0.4) is 0 Å². The van der Waals surface area contributed by atoms with Gasteiger partial charge in [-0.25, -0.2) is 4.39 Å². The second-order valence-corrected chi connectivity index (χ2v) is 5.03. The first-order valence-electron chi connectivity index (χ1n) is 6.41. The molecule has 2 nitrogen and oxygen atoms in total. The Morgan fingerprint density at radius 2 is 1.90 bits per heavy atom. The molecule has 0 spiro atoms. The standard InChI is InChI=1S/C16H17ClFNO/c1-11(13-4-6-14(20-2)7-5-13)19-10-12-3-8-16(18)15(17)9-12/h3-9,11,19H,10H2,1-2H3. The summed E-state index contributed by atoms with van der Waals surface area (Å²) in [6.45, 7) is 2.71. The van der Waals surface area contributed by atoms with Crippen LogP contribution in [-0.2, 0) is 6.54 Å². The summed E-state index contributed by atoms with van der Waals surface area (Å²) in [6.07, 6.45) is 0. The van der Waals surface area contributed by atoms with Crippen molar-refractivity contribution >= 4 is 11.6 Å². The maximum absolute atomic E-state index is 13.1. The Labute approximate surface area is 123 Å². The fraction of sp³-hybridized carbons (Fsp3) is 0.250. The SMILES string of the molecule is COc1ccc(C(C)NCc2ccc(F)c(Cl)c2)cc1. The van der Waals surface area contributed by atoms with E-state index in [1.165, 1.54) is 11.6 Å². The van der Waals surface area contributed by atoms with Crippen LogP contribution in [0.5, 0.6) is 5.75 Å². The molecule has 0 aliphatic carbocycles. The number of methoxy groups -OCH3 is 1. The van der Waals surface area contributed by atoms with E-state index in [-0.39, 0.29) is 11.1 Å². The number of hydrogen-bond donors (Lipinski definition) is 1. The van der Waals surface area contributed by atoms with Crippen LogP contribution in [0, 0.1) is 5.82 Å². The molecule has 0 saturated carbocycles. The van der Waals surface area contributed by atoms with Crippen molar-refractivity contribution in [1.29, 1.82) is 0 Å². The van der Waals surface area contributed by atoms with Crippen molar-refractivity contribution in [3.05, 3.63) is 64.4 Å². The number of ether oxygens (including phenoxy) is 1. The van der Waals surface area contributed by atoms with Gasteiger partial charge in [0.15, 0.2) is 0 Å². The van der Waals surface area contributed by atoms with Crippen LogP contribution in [0.25, 0.3) is 0 Å². The van der Waals surface area contributed by atoms with E-state index in [1.807, 2.05) is 24.3 Å². The molecule has 0 bridgehead atoms. The molecule has 2 aromatic carbocycles. The highest BCUT2D eigenvalue weighted by Crippen LogP contribution is 2.19. The van der Waals surface area contributed by atoms with Crippen molar-refractivity contribution in [1.82, 2.24) is 5.32 Å². The van der Waals surface area contributed by atoms with E-state index in [4.69, 9.17) is 16.3 Å². The van der Waals surface area contributed by atoms with Crippen LogP contribution in [0.2, 0.25) is 5.02 Å². The van der Waals surface area contributed by atoms with E-state index in [0.29, 0.717) is 6.54 Å². The van der Waals surface area contributed by atoms with E-state index in [9.17, 15) is 4.39 Å². The van der Waals surface area contributed by atoms with Gasteiger partial charge in [0.2, 0.25) is 0 Å². The zero-order chi connectivity index (χ0) is 14.5. The Kier molecular flexibility index (Phi) is 4.99. The summed E-state index contributed by atoms with van der Waals surface area (Å²) in [4.78, 5) is 0. The van der Waals surface area contributed by atoms with Gasteiger partial charge in [-0.05, 0) is 42.3 Å². The smallest absolute Gasteiger partial charge is 0.141 e. The van der Waals surface area contributed by atoms with Crippen LogP contribution in [0.4, 0.5) is 4.39 Å². The summed E-state index contributed by atoms with van der Waals surface area (Å²) in [5.41, 5.74) is 2.12. The Bertz CT molecular complexity index is 571. The topological polar surface area (TPSA) is 21.3 Å². The molecule has 20 heavy (non-hydrogen) atoms. The average molecular weight is 294 g/mol. The van der Waals surface area contributed by atoms with Gasteiger partial charge < -0.3 is 10.1 Å². The third kappa shape index (κ3) is 3.71. The molecule has 106 valence electrons. The predicted molar refractivity (Wildman–Crippen MR) is 79.7 cm³/mol. The van der Waals surface area contributed by atoms with E-state index in [2.05, 4.69) is 12.2 Å². The van der Waals surface area contributed by atoms with Gasteiger partial charge >= 0.3 is 0 Å². The quantitative estimate of drug-likeness (QED) is 0.885. The van der Waals surface area contributed by atoms with Gasteiger partial charge in [-0.2, -0.15) is 0 Å².